The molecule has 0 amide bonds. The van der Waals surface area contributed by atoms with Crippen LogP contribution in [0.3, 0.4) is 0 Å². The average Bonchev–Trinajstić information content (AvgIpc) is 2.33. The highest BCUT2D eigenvalue weighted by atomic mass is 16.3. The third kappa shape index (κ3) is 3.13. The smallest absolute Gasteiger partial charge is 0.124 e. The molecule has 108 valence electrons. The fourth-order valence-corrected chi connectivity index (χ4v) is 2.54. The molecule has 0 aliphatic carbocycles. The number of rotatable bonds is 1. The van der Waals surface area contributed by atoms with Crippen LogP contribution in [0.2, 0.25) is 0 Å². The summed E-state index contributed by atoms with van der Waals surface area (Å²) in [5.41, 5.74) is 5.40. The van der Waals surface area contributed by atoms with Gasteiger partial charge in [-0.2, -0.15) is 0 Å². The van der Waals surface area contributed by atoms with Crippen LogP contribution in [0.5, 0.6) is 11.5 Å². The Balaban J connectivity index is 0.000000956. The van der Waals surface area contributed by atoms with Gasteiger partial charge in [-0.25, -0.2) is 0 Å². The van der Waals surface area contributed by atoms with Crippen molar-refractivity contribution in [3.05, 3.63) is 46.5 Å². The van der Waals surface area contributed by atoms with E-state index in [0.717, 1.165) is 33.4 Å². The lowest BCUT2D eigenvalue weighted by Gasteiger charge is -2.15. The first-order chi connectivity index (χ1) is 9.40. The maximum atomic E-state index is 10.1. The first kappa shape index (κ1) is 16.1. The van der Waals surface area contributed by atoms with Gasteiger partial charge >= 0.3 is 0 Å². The Bertz CT molecular complexity index is 511. The molecule has 2 aromatic carbocycles. The van der Waals surface area contributed by atoms with Crippen molar-refractivity contribution in [3.63, 3.8) is 0 Å². The van der Waals surface area contributed by atoms with Crippen molar-refractivity contribution < 1.29 is 10.2 Å². The normalized spacial score (nSPS) is 9.90. The highest BCUT2D eigenvalue weighted by Crippen LogP contribution is 2.40. The SMILES string of the molecule is CC.Cc1cc(C)c(-c2c(C)cc(C)cc2O)c(O)c1. The first-order valence-electron chi connectivity index (χ1n) is 7.01. The zero-order valence-corrected chi connectivity index (χ0v) is 13.2. The number of hydrogen-bond acceptors (Lipinski definition) is 2. The molecule has 0 aromatic heterocycles. The van der Waals surface area contributed by atoms with E-state index in [4.69, 9.17) is 0 Å². The lowest BCUT2D eigenvalue weighted by Crippen LogP contribution is -1.91. The van der Waals surface area contributed by atoms with Crippen LogP contribution in [-0.4, -0.2) is 10.2 Å². The molecule has 0 aliphatic rings. The van der Waals surface area contributed by atoms with Crippen LogP contribution in [0, 0.1) is 27.7 Å². The summed E-state index contributed by atoms with van der Waals surface area (Å²) in [5.74, 6) is 0.435. The molecule has 0 spiro atoms. The summed E-state index contributed by atoms with van der Waals surface area (Å²) in [6.07, 6.45) is 0. The Hall–Kier alpha value is -1.96. The molecule has 2 aromatic rings. The van der Waals surface area contributed by atoms with Gasteiger partial charge in [-0.15, -0.1) is 0 Å². The largest absolute Gasteiger partial charge is 0.507 e. The standard InChI is InChI=1S/C16H18O2.C2H6/c1-9-5-11(3)15(13(17)7-9)16-12(4)6-10(2)8-14(16)18;1-2/h5-8,17-18H,1-4H3;1-2H3. The second-order valence-corrected chi connectivity index (χ2v) is 4.95. The van der Waals surface area contributed by atoms with Crippen molar-refractivity contribution in [2.75, 3.05) is 0 Å². The van der Waals surface area contributed by atoms with Crippen molar-refractivity contribution in [1.82, 2.24) is 0 Å². The zero-order chi connectivity index (χ0) is 15.4. The quantitative estimate of drug-likeness (QED) is 0.764. The van der Waals surface area contributed by atoms with Crippen molar-refractivity contribution in [2.24, 2.45) is 0 Å². The topological polar surface area (TPSA) is 40.5 Å². The molecule has 2 heteroatoms. The van der Waals surface area contributed by atoms with Gasteiger partial charge in [0.2, 0.25) is 0 Å². The molecule has 0 saturated carbocycles. The van der Waals surface area contributed by atoms with Crippen LogP contribution < -0.4 is 0 Å². The molecule has 0 radical (unpaired) electrons. The van der Waals surface area contributed by atoms with E-state index in [0.29, 0.717) is 0 Å². The minimum atomic E-state index is 0.217. The summed E-state index contributed by atoms with van der Waals surface area (Å²) in [5, 5.41) is 20.3. The first-order valence-corrected chi connectivity index (χ1v) is 7.01. The predicted molar refractivity (Wildman–Crippen MR) is 85.5 cm³/mol. The molecule has 20 heavy (non-hydrogen) atoms. The van der Waals surface area contributed by atoms with Gasteiger partial charge in [-0.05, 0) is 62.1 Å². The van der Waals surface area contributed by atoms with Crippen LogP contribution in [0.25, 0.3) is 11.1 Å². The highest BCUT2D eigenvalue weighted by Gasteiger charge is 2.15. The van der Waals surface area contributed by atoms with Gasteiger partial charge in [0.25, 0.3) is 0 Å². The Labute approximate surface area is 121 Å². The van der Waals surface area contributed by atoms with Crippen LogP contribution in [0.4, 0.5) is 0 Å². The monoisotopic (exact) mass is 272 g/mol. The van der Waals surface area contributed by atoms with E-state index in [1.807, 2.05) is 53.7 Å². The molecule has 2 rings (SSSR count). The number of phenols is 2. The molecule has 0 aliphatic heterocycles. The minimum absolute atomic E-state index is 0.217. The molecule has 0 atom stereocenters. The van der Waals surface area contributed by atoms with Gasteiger partial charge in [-0.3, -0.25) is 0 Å². The Kier molecular flexibility index (Phi) is 5.20. The van der Waals surface area contributed by atoms with E-state index in [-0.39, 0.29) is 11.5 Å². The summed E-state index contributed by atoms with van der Waals surface area (Å²) in [6.45, 7) is 11.8. The van der Waals surface area contributed by atoms with Gasteiger partial charge in [0.05, 0.1) is 0 Å². The van der Waals surface area contributed by atoms with E-state index in [1.54, 1.807) is 12.1 Å². The second kappa shape index (κ2) is 6.47. The van der Waals surface area contributed by atoms with Crippen LogP contribution >= 0.6 is 0 Å². The van der Waals surface area contributed by atoms with Crippen molar-refractivity contribution in [1.29, 1.82) is 0 Å². The van der Waals surface area contributed by atoms with Crippen molar-refractivity contribution in [2.45, 2.75) is 41.5 Å². The number of phenolic OH excluding ortho intramolecular Hbond substituents is 2. The lowest BCUT2D eigenvalue weighted by atomic mass is 9.92. The Morgan fingerprint density at radius 3 is 1.15 bits per heavy atom. The molecule has 2 nitrogen and oxygen atoms in total. The molecular formula is C18H24O2. The summed E-state index contributed by atoms with van der Waals surface area (Å²) in [6, 6.07) is 7.46. The second-order valence-electron chi connectivity index (χ2n) is 4.95. The van der Waals surface area contributed by atoms with Crippen LogP contribution in [0.1, 0.15) is 36.1 Å². The zero-order valence-electron chi connectivity index (χ0n) is 13.2. The van der Waals surface area contributed by atoms with Gasteiger partial charge < -0.3 is 10.2 Å². The Morgan fingerprint density at radius 1 is 0.600 bits per heavy atom. The molecular weight excluding hydrogens is 248 g/mol. The van der Waals surface area contributed by atoms with Gasteiger partial charge in [-0.1, -0.05) is 26.0 Å². The molecule has 2 N–H and O–H groups in total. The summed E-state index contributed by atoms with van der Waals surface area (Å²) in [7, 11) is 0. The van der Waals surface area contributed by atoms with E-state index >= 15 is 0 Å². The van der Waals surface area contributed by atoms with Gasteiger partial charge in [0, 0.05) is 11.1 Å². The van der Waals surface area contributed by atoms with Crippen molar-refractivity contribution >= 4 is 0 Å². The number of aryl methyl sites for hydroxylation is 4. The number of benzene rings is 2. The lowest BCUT2D eigenvalue weighted by molar-refractivity contribution is 0.468. The average molecular weight is 272 g/mol. The molecule has 0 saturated heterocycles. The predicted octanol–water partition coefficient (Wildman–Crippen LogP) is 5.02. The van der Waals surface area contributed by atoms with E-state index in [9.17, 15) is 10.2 Å². The van der Waals surface area contributed by atoms with Crippen LogP contribution in [0.15, 0.2) is 24.3 Å². The third-order valence-corrected chi connectivity index (χ3v) is 3.17. The fraction of sp³-hybridized carbons (Fsp3) is 0.333. The highest BCUT2D eigenvalue weighted by molar-refractivity contribution is 5.81. The van der Waals surface area contributed by atoms with Gasteiger partial charge in [0.1, 0.15) is 11.5 Å². The summed E-state index contributed by atoms with van der Waals surface area (Å²) < 4.78 is 0. The maximum Gasteiger partial charge on any atom is 0.124 e. The number of aromatic hydroxyl groups is 2. The van der Waals surface area contributed by atoms with Gasteiger partial charge in [0.15, 0.2) is 0 Å². The molecule has 0 fully saturated rings. The summed E-state index contributed by atoms with van der Waals surface area (Å²) in [4.78, 5) is 0. The minimum Gasteiger partial charge on any atom is -0.507 e. The van der Waals surface area contributed by atoms with E-state index < -0.39 is 0 Å². The number of hydrogen-bond donors (Lipinski definition) is 2. The maximum absolute atomic E-state index is 10.1. The van der Waals surface area contributed by atoms with E-state index in [1.165, 1.54) is 0 Å². The Morgan fingerprint density at radius 2 is 0.900 bits per heavy atom. The molecule has 0 bridgehead atoms. The van der Waals surface area contributed by atoms with Crippen LogP contribution in [-0.2, 0) is 0 Å². The third-order valence-electron chi connectivity index (χ3n) is 3.17. The molecule has 0 heterocycles. The van der Waals surface area contributed by atoms with E-state index in [2.05, 4.69) is 0 Å². The van der Waals surface area contributed by atoms with Crippen molar-refractivity contribution in [3.8, 4) is 22.6 Å². The fourth-order valence-electron chi connectivity index (χ4n) is 2.54. The summed E-state index contributed by atoms with van der Waals surface area (Å²) >= 11 is 0. The molecule has 0 unspecified atom stereocenters.